The van der Waals surface area contributed by atoms with Crippen molar-refractivity contribution in [3.05, 3.63) is 54.4 Å². The smallest absolute Gasteiger partial charge is 0.490 e. The Balaban J connectivity index is 0.000000543. The van der Waals surface area contributed by atoms with E-state index in [0.29, 0.717) is 29.9 Å². The first-order valence-corrected chi connectivity index (χ1v) is 14.8. The zero-order valence-corrected chi connectivity index (χ0v) is 28.2. The van der Waals surface area contributed by atoms with Gasteiger partial charge in [-0.2, -0.15) is 31.4 Å². The fourth-order valence-corrected chi connectivity index (χ4v) is 3.74. The van der Waals surface area contributed by atoms with Gasteiger partial charge in [-0.25, -0.2) is 19.6 Å². The van der Waals surface area contributed by atoms with E-state index in [1.165, 1.54) is 0 Å². The number of alkyl halides is 6. The molecule has 0 aliphatic rings. The zero-order valence-electron chi connectivity index (χ0n) is 28.2. The highest BCUT2D eigenvalue weighted by Gasteiger charge is 2.38. The van der Waals surface area contributed by atoms with Gasteiger partial charge in [-0.15, -0.1) is 0 Å². The molecule has 13 nitrogen and oxygen atoms in total. The number of aromatic amines is 1. The molecule has 0 saturated carbocycles. The van der Waals surface area contributed by atoms with E-state index in [0.717, 1.165) is 33.5 Å². The minimum absolute atomic E-state index is 0.0809. The Hall–Kier alpha value is -5.62. The summed E-state index contributed by atoms with van der Waals surface area (Å²) in [6.07, 6.45) is -6.72. The Morgan fingerprint density at radius 2 is 1.53 bits per heavy atom. The van der Waals surface area contributed by atoms with Gasteiger partial charge in [0.25, 0.3) is 5.91 Å². The van der Waals surface area contributed by atoms with Crippen LogP contribution in [0, 0.1) is 12.8 Å². The average Bonchev–Trinajstić information content (AvgIpc) is 3.51. The van der Waals surface area contributed by atoms with Crippen LogP contribution >= 0.6 is 0 Å². The number of H-pyrrole nitrogens is 1. The van der Waals surface area contributed by atoms with Gasteiger partial charge in [-0.05, 0) is 57.4 Å². The lowest BCUT2D eigenvalue weighted by Crippen LogP contribution is -2.43. The predicted octanol–water partition coefficient (Wildman–Crippen LogP) is 6.67. The number of anilines is 2. The molecule has 0 aliphatic carbocycles. The Bertz CT molecular complexity index is 1770. The largest absolute Gasteiger partial charge is 0.492 e. The first-order chi connectivity index (χ1) is 23.5. The summed E-state index contributed by atoms with van der Waals surface area (Å²) in [6, 6.07) is 11.4. The lowest BCUT2D eigenvalue weighted by molar-refractivity contribution is -0.193. The number of aliphatic carboxylic acids is 2. The number of hydrogen-bond acceptors (Lipinski definition) is 9. The van der Waals surface area contributed by atoms with Crippen molar-refractivity contribution in [1.29, 1.82) is 0 Å². The van der Waals surface area contributed by atoms with Crippen LogP contribution in [0.2, 0.25) is 0 Å². The van der Waals surface area contributed by atoms with Gasteiger partial charge in [0.2, 0.25) is 0 Å². The van der Waals surface area contributed by atoms with E-state index < -0.39 is 24.3 Å². The van der Waals surface area contributed by atoms with E-state index in [1.807, 2.05) is 58.0 Å². The maximum atomic E-state index is 12.2. The molecular formula is C32H36F6N6O7. The SMILES string of the molecule is Cc1ccc2nc(-c3cccc(OCC(=O)NC(C)(C)C)c3)nc(Nc3cn[nH]c3)c2c1OCC(C)C.O=C(O)C(F)(F)F.O=C(O)C(F)(F)F. The van der Waals surface area contributed by atoms with Gasteiger partial charge in [-0.3, -0.25) is 9.89 Å². The van der Waals surface area contributed by atoms with Crippen LogP contribution in [0.3, 0.4) is 0 Å². The molecule has 5 N–H and O–H groups in total. The molecule has 2 aromatic carbocycles. The zero-order chi connectivity index (χ0) is 38.7. The van der Waals surface area contributed by atoms with Gasteiger partial charge in [0.15, 0.2) is 12.4 Å². The van der Waals surface area contributed by atoms with Crippen molar-refractivity contribution in [2.24, 2.45) is 5.92 Å². The molecule has 0 aliphatic heterocycles. The Morgan fingerprint density at radius 1 is 0.922 bits per heavy atom. The number of aryl methyl sites for hydroxylation is 1. The third kappa shape index (κ3) is 14.0. The van der Waals surface area contributed by atoms with Crippen molar-refractivity contribution in [3.8, 4) is 22.9 Å². The minimum atomic E-state index is -5.08. The number of fused-ring (bicyclic) bond motifs is 1. The number of hydrogen-bond donors (Lipinski definition) is 5. The number of benzene rings is 2. The molecule has 0 fully saturated rings. The van der Waals surface area contributed by atoms with Crippen molar-refractivity contribution in [3.63, 3.8) is 0 Å². The molecule has 2 heterocycles. The molecule has 0 radical (unpaired) electrons. The topological polar surface area (TPSA) is 189 Å². The van der Waals surface area contributed by atoms with Crippen LogP contribution in [-0.4, -0.2) is 79.3 Å². The summed E-state index contributed by atoms with van der Waals surface area (Å²) in [5, 5.41) is 28.2. The summed E-state index contributed by atoms with van der Waals surface area (Å²) in [5.41, 5.74) is 2.95. The lowest BCUT2D eigenvalue weighted by Gasteiger charge is -2.20. The van der Waals surface area contributed by atoms with Crippen LogP contribution < -0.4 is 20.1 Å². The number of nitrogens with one attached hydrogen (secondary N) is 3. The fraction of sp³-hybridized carbons (Fsp3) is 0.375. The number of carbonyl (C=O) groups is 3. The van der Waals surface area contributed by atoms with Crippen molar-refractivity contribution in [2.75, 3.05) is 18.5 Å². The van der Waals surface area contributed by atoms with Gasteiger partial charge in [0, 0.05) is 17.3 Å². The number of amides is 1. The van der Waals surface area contributed by atoms with Crippen LogP contribution in [-0.2, 0) is 14.4 Å². The van der Waals surface area contributed by atoms with E-state index in [9.17, 15) is 31.1 Å². The molecule has 1 amide bonds. The normalized spacial score (nSPS) is 11.5. The number of carboxylic acids is 2. The van der Waals surface area contributed by atoms with Crippen molar-refractivity contribution in [1.82, 2.24) is 25.5 Å². The number of aromatic nitrogens is 4. The highest BCUT2D eigenvalue weighted by Crippen LogP contribution is 2.37. The fourth-order valence-electron chi connectivity index (χ4n) is 3.74. The molecular weight excluding hydrogens is 694 g/mol. The second kappa shape index (κ2) is 17.3. The number of rotatable bonds is 9. The van der Waals surface area contributed by atoms with Crippen LogP contribution in [0.25, 0.3) is 22.3 Å². The summed E-state index contributed by atoms with van der Waals surface area (Å²) in [5.74, 6) is -2.89. The van der Waals surface area contributed by atoms with E-state index in [4.69, 9.17) is 39.2 Å². The minimum Gasteiger partial charge on any atom is -0.492 e. The highest BCUT2D eigenvalue weighted by molar-refractivity contribution is 5.98. The third-order valence-corrected chi connectivity index (χ3v) is 5.80. The Morgan fingerprint density at radius 3 is 2.04 bits per heavy atom. The molecule has 0 saturated heterocycles. The van der Waals surface area contributed by atoms with Crippen molar-refractivity contribution >= 4 is 40.3 Å². The number of carbonyl (C=O) groups excluding carboxylic acids is 1. The van der Waals surface area contributed by atoms with E-state index in [-0.39, 0.29) is 18.1 Å². The molecule has 0 atom stereocenters. The van der Waals surface area contributed by atoms with E-state index >= 15 is 0 Å². The molecule has 4 aromatic rings. The molecule has 0 bridgehead atoms. The van der Waals surface area contributed by atoms with Crippen LogP contribution in [0.5, 0.6) is 11.5 Å². The summed E-state index contributed by atoms with van der Waals surface area (Å²) >= 11 is 0. The summed E-state index contributed by atoms with van der Waals surface area (Å²) in [7, 11) is 0. The number of ether oxygens (including phenoxy) is 2. The molecule has 4 rings (SSSR count). The maximum Gasteiger partial charge on any atom is 0.490 e. The molecule has 278 valence electrons. The summed E-state index contributed by atoms with van der Waals surface area (Å²) in [4.78, 5) is 39.7. The molecule has 0 spiro atoms. The standard InChI is InChI=1S/C28H34N6O3.2C2HF3O2/c1-17(2)15-37-25-18(3)10-11-22-24(25)27(31-20-13-29-30-14-20)33-26(32-22)19-8-7-9-21(12-19)36-16-23(35)34-28(4,5)6;2*3-2(4,5)1(6)7/h7-14,17H,15-16H2,1-6H3,(H,29,30)(H,34,35)(H,31,32,33);2*(H,6,7). The molecule has 19 heteroatoms. The second-order valence-electron chi connectivity index (χ2n) is 12.0. The first-order valence-electron chi connectivity index (χ1n) is 14.8. The number of halogens is 6. The number of nitrogens with zero attached hydrogens (tertiary/aromatic N) is 3. The molecule has 2 aromatic heterocycles. The molecule has 0 unspecified atom stereocenters. The van der Waals surface area contributed by atoms with Crippen molar-refractivity contribution in [2.45, 2.75) is 59.4 Å². The lowest BCUT2D eigenvalue weighted by atomic mass is 10.1. The van der Waals surface area contributed by atoms with Gasteiger partial charge < -0.3 is 30.3 Å². The monoisotopic (exact) mass is 730 g/mol. The van der Waals surface area contributed by atoms with Gasteiger partial charge in [-0.1, -0.05) is 32.0 Å². The third-order valence-electron chi connectivity index (χ3n) is 5.80. The maximum absolute atomic E-state index is 12.2. The summed E-state index contributed by atoms with van der Waals surface area (Å²) < 4.78 is 75.4. The van der Waals surface area contributed by atoms with Crippen LogP contribution in [0.1, 0.15) is 40.2 Å². The van der Waals surface area contributed by atoms with E-state index in [1.54, 1.807) is 18.5 Å². The summed E-state index contributed by atoms with van der Waals surface area (Å²) in [6.45, 7) is 12.5. The highest BCUT2D eigenvalue weighted by atomic mass is 19.4. The molecule has 51 heavy (non-hydrogen) atoms. The van der Waals surface area contributed by atoms with Crippen molar-refractivity contribution < 1.29 is 60.4 Å². The van der Waals surface area contributed by atoms with Gasteiger partial charge in [0.1, 0.15) is 17.3 Å². The predicted molar refractivity (Wildman–Crippen MR) is 173 cm³/mol. The van der Waals surface area contributed by atoms with E-state index in [2.05, 4.69) is 34.7 Å². The van der Waals surface area contributed by atoms with Gasteiger partial charge in [0.05, 0.1) is 29.4 Å². The average molecular weight is 731 g/mol. The number of carboxylic acid groups (broad SMARTS) is 2. The first kappa shape index (κ1) is 41.6. The van der Waals surface area contributed by atoms with Gasteiger partial charge >= 0.3 is 24.3 Å². The Kier molecular flexibility index (Phi) is 14.1. The van der Waals surface area contributed by atoms with Crippen LogP contribution in [0.15, 0.2) is 48.8 Å². The second-order valence-corrected chi connectivity index (χ2v) is 12.0. The Labute approximate surface area is 287 Å². The quantitative estimate of drug-likeness (QED) is 0.116. The van der Waals surface area contributed by atoms with Crippen LogP contribution in [0.4, 0.5) is 37.8 Å².